The first-order valence-electron chi connectivity index (χ1n) is 5.82. The minimum absolute atomic E-state index is 0.0808. The first kappa shape index (κ1) is 13.7. The maximum Gasteiger partial charge on any atom is 0.179 e. The van der Waals surface area contributed by atoms with Gasteiger partial charge in [0.15, 0.2) is 9.84 Å². The van der Waals surface area contributed by atoms with E-state index in [4.69, 9.17) is 5.73 Å². The molecule has 0 aliphatic heterocycles. The third kappa shape index (κ3) is 3.00. The van der Waals surface area contributed by atoms with Gasteiger partial charge in [-0.05, 0) is 23.8 Å². The molecule has 5 heteroatoms. The third-order valence-electron chi connectivity index (χ3n) is 2.78. The molecular weight excluding hydrogens is 265 g/mol. The van der Waals surface area contributed by atoms with E-state index in [1.807, 2.05) is 0 Å². The molecule has 0 spiro atoms. The number of nitrogens with two attached hydrogens (primary N) is 1. The molecule has 2 aromatic carbocycles. The Morgan fingerprint density at radius 3 is 2.21 bits per heavy atom. The summed E-state index contributed by atoms with van der Waals surface area (Å²) in [6, 6.07) is 12.5. The summed E-state index contributed by atoms with van der Waals surface area (Å²) in [4.78, 5) is 0.207. The zero-order valence-corrected chi connectivity index (χ0v) is 11.0. The van der Waals surface area contributed by atoms with Gasteiger partial charge in [0.1, 0.15) is 5.82 Å². The van der Waals surface area contributed by atoms with Crippen molar-refractivity contribution >= 4 is 9.84 Å². The fourth-order valence-electron chi connectivity index (χ4n) is 1.81. The van der Waals surface area contributed by atoms with Gasteiger partial charge in [-0.25, -0.2) is 12.8 Å². The number of rotatable bonds is 4. The molecule has 0 atom stereocenters. The number of sulfone groups is 1. The van der Waals surface area contributed by atoms with Gasteiger partial charge in [-0.15, -0.1) is 0 Å². The summed E-state index contributed by atoms with van der Waals surface area (Å²) in [6.45, 7) is 0.0808. The van der Waals surface area contributed by atoms with Gasteiger partial charge >= 0.3 is 0 Å². The highest BCUT2D eigenvalue weighted by molar-refractivity contribution is 7.91. The van der Waals surface area contributed by atoms with Crippen molar-refractivity contribution in [3.8, 4) is 11.1 Å². The van der Waals surface area contributed by atoms with E-state index >= 15 is 0 Å². The Balaban J connectivity index is 2.37. The summed E-state index contributed by atoms with van der Waals surface area (Å²) in [5.74, 6) is -0.424. The molecule has 0 radical (unpaired) electrons. The van der Waals surface area contributed by atoms with Crippen LogP contribution < -0.4 is 5.73 Å². The third-order valence-corrected chi connectivity index (χ3v) is 4.55. The molecule has 0 amide bonds. The molecule has 0 bridgehead atoms. The Morgan fingerprint density at radius 2 is 1.63 bits per heavy atom. The lowest BCUT2D eigenvalue weighted by Crippen LogP contribution is -2.15. The first-order valence-corrected chi connectivity index (χ1v) is 7.47. The van der Waals surface area contributed by atoms with Gasteiger partial charge in [-0.1, -0.05) is 30.3 Å². The Hall–Kier alpha value is -1.72. The van der Waals surface area contributed by atoms with Gasteiger partial charge < -0.3 is 5.73 Å². The van der Waals surface area contributed by atoms with Gasteiger partial charge in [-0.3, -0.25) is 0 Å². The van der Waals surface area contributed by atoms with Crippen molar-refractivity contribution in [1.82, 2.24) is 0 Å². The second-order valence-electron chi connectivity index (χ2n) is 4.11. The maximum atomic E-state index is 13.6. The monoisotopic (exact) mass is 279 g/mol. The summed E-state index contributed by atoms with van der Waals surface area (Å²) in [7, 11) is -3.34. The van der Waals surface area contributed by atoms with Crippen molar-refractivity contribution in [2.75, 3.05) is 12.3 Å². The Morgan fingerprint density at radius 1 is 1.00 bits per heavy atom. The van der Waals surface area contributed by atoms with E-state index < -0.39 is 9.84 Å². The molecule has 2 N–H and O–H groups in total. The van der Waals surface area contributed by atoms with E-state index in [1.165, 1.54) is 18.2 Å². The van der Waals surface area contributed by atoms with Crippen LogP contribution in [0.3, 0.4) is 0 Å². The average Bonchev–Trinajstić information content (AvgIpc) is 2.39. The normalized spacial score (nSPS) is 11.5. The van der Waals surface area contributed by atoms with Crippen molar-refractivity contribution in [3.05, 3.63) is 54.3 Å². The van der Waals surface area contributed by atoms with Gasteiger partial charge in [0.2, 0.25) is 0 Å². The number of halogens is 1. The second kappa shape index (κ2) is 5.50. The van der Waals surface area contributed by atoms with E-state index in [0.717, 1.165) is 0 Å². The highest BCUT2D eigenvalue weighted by Crippen LogP contribution is 2.24. The molecule has 0 aliphatic carbocycles. The van der Waals surface area contributed by atoms with E-state index in [-0.39, 0.29) is 23.0 Å². The number of benzene rings is 2. The smallest absolute Gasteiger partial charge is 0.179 e. The van der Waals surface area contributed by atoms with E-state index in [2.05, 4.69) is 0 Å². The molecule has 0 saturated carbocycles. The van der Waals surface area contributed by atoms with Crippen LogP contribution in [0.25, 0.3) is 11.1 Å². The SMILES string of the molecule is NCCS(=O)(=O)c1ccc(-c2ccccc2F)cc1. The molecule has 100 valence electrons. The fraction of sp³-hybridized carbons (Fsp3) is 0.143. The molecule has 19 heavy (non-hydrogen) atoms. The zero-order valence-electron chi connectivity index (χ0n) is 10.2. The van der Waals surface area contributed by atoms with E-state index in [0.29, 0.717) is 11.1 Å². The summed E-state index contributed by atoms with van der Waals surface area (Å²) in [6.07, 6.45) is 0. The quantitative estimate of drug-likeness (QED) is 0.933. The van der Waals surface area contributed by atoms with Crippen LogP contribution in [0.2, 0.25) is 0 Å². The van der Waals surface area contributed by atoms with Crippen LogP contribution in [0.4, 0.5) is 4.39 Å². The largest absolute Gasteiger partial charge is 0.329 e. The Bertz CT molecular complexity index is 666. The number of hydrogen-bond donors (Lipinski definition) is 1. The molecule has 0 saturated heterocycles. The topological polar surface area (TPSA) is 60.2 Å². The summed E-state index contributed by atoms with van der Waals surface area (Å²) < 4.78 is 37.2. The molecule has 0 heterocycles. The highest BCUT2D eigenvalue weighted by atomic mass is 32.2. The molecule has 2 aromatic rings. The Kier molecular flexibility index (Phi) is 3.97. The van der Waals surface area contributed by atoms with Crippen LogP contribution in [-0.4, -0.2) is 20.7 Å². The van der Waals surface area contributed by atoms with Crippen molar-refractivity contribution in [2.24, 2.45) is 5.73 Å². The molecule has 0 fully saturated rings. The minimum Gasteiger partial charge on any atom is -0.329 e. The van der Waals surface area contributed by atoms with Crippen LogP contribution in [0.1, 0.15) is 0 Å². The summed E-state index contributed by atoms with van der Waals surface area (Å²) in [5.41, 5.74) is 6.36. The predicted octanol–water partition coefficient (Wildman–Crippen LogP) is 2.23. The summed E-state index contributed by atoms with van der Waals surface area (Å²) >= 11 is 0. The lowest BCUT2D eigenvalue weighted by molar-refractivity contribution is 0.596. The van der Waals surface area contributed by atoms with Crippen molar-refractivity contribution in [1.29, 1.82) is 0 Å². The molecule has 2 rings (SSSR count). The molecule has 0 unspecified atom stereocenters. The Labute approximate surface area is 111 Å². The van der Waals surface area contributed by atoms with Gasteiger partial charge in [0, 0.05) is 12.1 Å². The maximum absolute atomic E-state index is 13.6. The molecule has 0 aliphatic rings. The zero-order chi connectivity index (χ0) is 13.9. The van der Waals surface area contributed by atoms with Crippen LogP contribution in [0.5, 0.6) is 0 Å². The van der Waals surface area contributed by atoms with E-state index in [1.54, 1.807) is 30.3 Å². The molecule has 3 nitrogen and oxygen atoms in total. The lowest BCUT2D eigenvalue weighted by atomic mass is 10.1. The number of hydrogen-bond acceptors (Lipinski definition) is 3. The van der Waals surface area contributed by atoms with Crippen molar-refractivity contribution in [2.45, 2.75) is 4.90 Å². The van der Waals surface area contributed by atoms with E-state index in [9.17, 15) is 12.8 Å². The minimum atomic E-state index is -3.34. The van der Waals surface area contributed by atoms with Gasteiger partial charge in [0.25, 0.3) is 0 Å². The van der Waals surface area contributed by atoms with Crippen LogP contribution in [0, 0.1) is 5.82 Å². The van der Waals surface area contributed by atoms with Gasteiger partial charge in [-0.2, -0.15) is 0 Å². The highest BCUT2D eigenvalue weighted by Gasteiger charge is 2.13. The second-order valence-corrected chi connectivity index (χ2v) is 6.22. The first-order chi connectivity index (χ1) is 9.04. The lowest BCUT2D eigenvalue weighted by Gasteiger charge is -2.06. The van der Waals surface area contributed by atoms with Crippen molar-refractivity contribution in [3.63, 3.8) is 0 Å². The van der Waals surface area contributed by atoms with Crippen LogP contribution >= 0.6 is 0 Å². The summed E-state index contributed by atoms with van der Waals surface area (Å²) in [5, 5.41) is 0. The van der Waals surface area contributed by atoms with Gasteiger partial charge in [0.05, 0.1) is 10.6 Å². The van der Waals surface area contributed by atoms with Crippen LogP contribution in [0.15, 0.2) is 53.4 Å². The van der Waals surface area contributed by atoms with Crippen LogP contribution in [-0.2, 0) is 9.84 Å². The standard InChI is InChI=1S/C14H14FNO2S/c15-14-4-2-1-3-13(14)11-5-7-12(8-6-11)19(17,18)10-9-16/h1-8H,9-10,16H2. The predicted molar refractivity (Wildman–Crippen MR) is 72.9 cm³/mol. The average molecular weight is 279 g/mol. The molecular formula is C14H14FNO2S. The molecule has 0 aromatic heterocycles. The van der Waals surface area contributed by atoms with Crippen molar-refractivity contribution < 1.29 is 12.8 Å². The fourth-order valence-corrected chi connectivity index (χ4v) is 2.91.